The van der Waals surface area contributed by atoms with Crippen molar-refractivity contribution in [1.82, 2.24) is 10.2 Å². The van der Waals surface area contributed by atoms with E-state index in [9.17, 15) is 0 Å². The van der Waals surface area contributed by atoms with Gasteiger partial charge in [-0.05, 0) is 31.9 Å². The molecule has 1 aliphatic carbocycles. The van der Waals surface area contributed by atoms with Crippen molar-refractivity contribution in [3.05, 3.63) is 36.3 Å². The molecule has 0 radical (unpaired) electrons. The molecular formula is C15H24N2O. The first-order chi connectivity index (χ1) is 8.83. The first-order valence-electron chi connectivity index (χ1n) is 6.95. The summed E-state index contributed by atoms with van der Waals surface area (Å²) in [5, 5.41) is 3.39. The molecule has 18 heavy (non-hydrogen) atoms. The Labute approximate surface area is 110 Å². The van der Waals surface area contributed by atoms with E-state index in [1.165, 1.54) is 24.8 Å². The van der Waals surface area contributed by atoms with Gasteiger partial charge >= 0.3 is 0 Å². The van der Waals surface area contributed by atoms with E-state index in [1.807, 2.05) is 12.3 Å². The fourth-order valence-electron chi connectivity index (χ4n) is 2.16. The van der Waals surface area contributed by atoms with Crippen molar-refractivity contribution in [3.8, 4) is 0 Å². The highest BCUT2D eigenvalue weighted by Gasteiger charge is 2.28. The van der Waals surface area contributed by atoms with Gasteiger partial charge in [0.15, 0.2) is 0 Å². The maximum atomic E-state index is 5.63. The molecule has 1 aromatic rings. The first kappa shape index (κ1) is 13.4. The second kappa shape index (κ2) is 6.76. The lowest BCUT2D eigenvalue weighted by atomic mass is 10.3. The molecule has 0 unspecified atom stereocenters. The third-order valence-corrected chi connectivity index (χ3v) is 3.25. The Hall–Kier alpha value is -1.06. The predicted molar refractivity (Wildman–Crippen MR) is 74.3 cm³/mol. The lowest BCUT2D eigenvalue weighted by Crippen LogP contribution is -2.25. The largest absolute Gasteiger partial charge is 0.468 e. The van der Waals surface area contributed by atoms with Crippen molar-refractivity contribution >= 4 is 0 Å². The molecule has 1 heterocycles. The van der Waals surface area contributed by atoms with Crippen LogP contribution < -0.4 is 5.32 Å². The molecule has 3 nitrogen and oxygen atoms in total. The van der Waals surface area contributed by atoms with Gasteiger partial charge < -0.3 is 9.73 Å². The fraction of sp³-hybridized carbons (Fsp3) is 0.600. The van der Waals surface area contributed by atoms with E-state index in [2.05, 4.69) is 29.8 Å². The van der Waals surface area contributed by atoms with Gasteiger partial charge in [-0.1, -0.05) is 13.0 Å². The summed E-state index contributed by atoms with van der Waals surface area (Å²) in [6.45, 7) is 9.83. The molecule has 0 atom stereocenters. The lowest BCUT2D eigenvalue weighted by molar-refractivity contribution is 0.258. The zero-order chi connectivity index (χ0) is 12.8. The Bertz CT molecular complexity index is 368. The van der Waals surface area contributed by atoms with E-state index in [1.54, 1.807) is 0 Å². The van der Waals surface area contributed by atoms with Crippen LogP contribution in [0, 0.1) is 0 Å². The number of furan rings is 1. The summed E-state index contributed by atoms with van der Waals surface area (Å²) in [6.07, 6.45) is 7.65. The van der Waals surface area contributed by atoms with Gasteiger partial charge in [-0.3, -0.25) is 4.90 Å². The summed E-state index contributed by atoms with van der Waals surface area (Å²) in [4.78, 5) is 2.44. The van der Waals surface area contributed by atoms with Crippen LogP contribution in [0.5, 0.6) is 0 Å². The van der Waals surface area contributed by atoms with Crippen molar-refractivity contribution < 1.29 is 4.42 Å². The van der Waals surface area contributed by atoms with Gasteiger partial charge in [-0.25, -0.2) is 0 Å². The molecule has 0 spiro atoms. The standard InChI is InChI=1S/C15H24N2O/c1-3-7-16-10-13-9-15(18-12-13)11-17(8-4-2)14-5-6-14/h4,9,12,14,16H,2-3,5-8,10-11H2,1H3. The van der Waals surface area contributed by atoms with Crippen LogP contribution in [0.3, 0.4) is 0 Å². The molecule has 1 aliphatic rings. The lowest BCUT2D eigenvalue weighted by Gasteiger charge is -2.18. The Balaban J connectivity index is 1.82. The van der Waals surface area contributed by atoms with Crippen LogP contribution in [0.4, 0.5) is 0 Å². The maximum Gasteiger partial charge on any atom is 0.118 e. The molecule has 0 bridgehead atoms. The fourth-order valence-corrected chi connectivity index (χ4v) is 2.16. The molecule has 1 aromatic heterocycles. The quantitative estimate of drug-likeness (QED) is 0.538. The summed E-state index contributed by atoms with van der Waals surface area (Å²) < 4.78 is 5.63. The van der Waals surface area contributed by atoms with Crippen LogP contribution in [0.15, 0.2) is 29.4 Å². The second-order valence-electron chi connectivity index (χ2n) is 5.05. The first-order valence-corrected chi connectivity index (χ1v) is 6.95. The number of rotatable bonds is 9. The third-order valence-electron chi connectivity index (χ3n) is 3.25. The van der Waals surface area contributed by atoms with Crippen molar-refractivity contribution in [1.29, 1.82) is 0 Å². The van der Waals surface area contributed by atoms with E-state index in [4.69, 9.17) is 4.42 Å². The van der Waals surface area contributed by atoms with Crippen molar-refractivity contribution in [3.63, 3.8) is 0 Å². The van der Waals surface area contributed by atoms with Gasteiger partial charge in [0, 0.05) is 24.7 Å². The zero-order valence-electron chi connectivity index (χ0n) is 11.3. The highest BCUT2D eigenvalue weighted by molar-refractivity contribution is 5.13. The van der Waals surface area contributed by atoms with E-state index in [0.717, 1.165) is 38.0 Å². The smallest absolute Gasteiger partial charge is 0.118 e. The van der Waals surface area contributed by atoms with Crippen LogP contribution in [0.1, 0.15) is 37.5 Å². The minimum absolute atomic E-state index is 0.745. The van der Waals surface area contributed by atoms with E-state index in [-0.39, 0.29) is 0 Å². The predicted octanol–water partition coefficient (Wildman–Crippen LogP) is 2.93. The number of nitrogens with zero attached hydrogens (tertiary/aromatic N) is 1. The van der Waals surface area contributed by atoms with Gasteiger partial charge in [0.25, 0.3) is 0 Å². The Morgan fingerprint density at radius 2 is 2.39 bits per heavy atom. The minimum Gasteiger partial charge on any atom is -0.468 e. The monoisotopic (exact) mass is 248 g/mol. The van der Waals surface area contributed by atoms with Crippen LogP contribution in [0.2, 0.25) is 0 Å². The second-order valence-corrected chi connectivity index (χ2v) is 5.05. The molecule has 0 saturated heterocycles. The van der Waals surface area contributed by atoms with E-state index in [0.29, 0.717) is 0 Å². The summed E-state index contributed by atoms with van der Waals surface area (Å²) in [5.74, 6) is 1.07. The average Bonchev–Trinajstić information content (AvgIpc) is 3.12. The zero-order valence-corrected chi connectivity index (χ0v) is 11.3. The Kier molecular flexibility index (Phi) is 5.02. The summed E-state index contributed by atoms with van der Waals surface area (Å²) >= 11 is 0. The highest BCUT2D eigenvalue weighted by atomic mass is 16.3. The van der Waals surface area contributed by atoms with Crippen LogP contribution in [-0.4, -0.2) is 24.0 Å². The minimum atomic E-state index is 0.745. The average molecular weight is 248 g/mol. The van der Waals surface area contributed by atoms with Crippen LogP contribution >= 0.6 is 0 Å². The van der Waals surface area contributed by atoms with Gasteiger partial charge in [0.05, 0.1) is 12.8 Å². The molecule has 0 amide bonds. The topological polar surface area (TPSA) is 28.4 Å². The van der Waals surface area contributed by atoms with Gasteiger partial charge in [0.2, 0.25) is 0 Å². The highest BCUT2D eigenvalue weighted by Crippen LogP contribution is 2.28. The normalized spacial score (nSPS) is 15.2. The van der Waals surface area contributed by atoms with Crippen molar-refractivity contribution in [2.45, 2.75) is 45.3 Å². The summed E-state index contributed by atoms with van der Waals surface area (Å²) in [6, 6.07) is 2.91. The number of nitrogens with one attached hydrogen (secondary N) is 1. The number of hydrogen-bond donors (Lipinski definition) is 1. The van der Waals surface area contributed by atoms with Gasteiger partial charge in [-0.15, -0.1) is 6.58 Å². The number of hydrogen-bond acceptors (Lipinski definition) is 3. The molecule has 0 aromatic carbocycles. The Morgan fingerprint density at radius 1 is 1.56 bits per heavy atom. The van der Waals surface area contributed by atoms with Crippen LogP contribution in [-0.2, 0) is 13.1 Å². The molecule has 0 aliphatic heterocycles. The molecular weight excluding hydrogens is 224 g/mol. The molecule has 1 N–H and O–H groups in total. The SMILES string of the molecule is C=CCN(Cc1cc(CNCCC)co1)C1CC1. The van der Waals surface area contributed by atoms with Gasteiger partial charge in [0.1, 0.15) is 5.76 Å². The van der Waals surface area contributed by atoms with Gasteiger partial charge in [-0.2, -0.15) is 0 Å². The third kappa shape index (κ3) is 4.00. The summed E-state index contributed by atoms with van der Waals surface area (Å²) in [7, 11) is 0. The molecule has 2 rings (SSSR count). The van der Waals surface area contributed by atoms with Crippen molar-refractivity contribution in [2.75, 3.05) is 13.1 Å². The molecule has 3 heteroatoms. The van der Waals surface area contributed by atoms with Crippen LogP contribution in [0.25, 0.3) is 0 Å². The molecule has 1 fully saturated rings. The summed E-state index contributed by atoms with van der Waals surface area (Å²) in [5.41, 5.74) is 1.24. The van der Waals surface area contributed by atoms with E-state index < -0.39 is 0 Å². The molecule has 100 valence electrons. The maximum absolute atomic E-state index is 5.63. The van der Waals surface area contributed by atoms with E-state index >= 15 is 0 Å². The Morgan fingerprint density at radius 3 is 3.06 bits per heavy atom. The molecule has 1 saturated carbocycles. The van der Waals surface area contributed by atoms with Crippen molar-refractivity contribution in [2.24, 2.45) is 0 Å².